The molecule has 3 aromatic rings. The molecule has 1 fully saturated rings. The highest BCUT2D eigenvalue weighted by molar-refractivity contribution is 6.72. The minimum Gasteiger partial charge on any atom is -0.396 e. The minimum atomic E-state index is -3.23. The Morgan fingerprint density at radius 1 is 1.00 bits per heavy atom. The van der Waals surface area contributed by atoms with Crippen molar-refractivity contribution in [1.82, 2.24) is 0 Å². The third-order valence-electron chi connectivity index (χ3n) is 8.88. The highest BCUT2D eigenvalue weighted by atomic mass is 28.4. The fourth-order valence-corrected chi connectivity index (χ4v) is 9.79. The molecule has 8 heteroatoms. The first-order chi connectivity index (χ1) is 19.2. The van der Waals surface area contributed by atoms with Gasteiger partial charge in [0.15, 0.2) is 5.60 Å². The third-order valence-corrected chi connectivity index (χ3v) is 11.3. The van der Waals surface area contributed by atoms with Crippen molar-refractivity contribution in [2.45, 2.75) is 63.1 Å². The molecular weight excluding hydrogens is 523 g/mol. The van der Waals surface area contributed by atoms with Crippen LogP contribution in [0.1, 0.15) is 36.5 Å². The molecule has 1 saturated heterocycles. The number of fused-ring (bicyclic) bond motifs is 3. The zero-order valence-corrected chi connectivity index (χ0v) is 24.1. The van der Waals surface area contributed by atoms with Crippen LogP contribution >= 0.6 is 0 Å². The first-order valence-electron chi connectivity index (χ1n) is 14.1. The van der Waals surface area contributed by atoms with Crippen LogP contribution in [0.15, 0.2) is 72.8 Å². The first kappa shape index (κ1) is 26.9. The molecule has 0 aromatic heterocycles. The molecule has 6 nitrogen and oxygen atoms in total. The Kier molecular flexibility index (Phi) is 6.68. The Morgan fingerprint density at radius 2 is 1.73 bits per heavy atom. The van der Waals surface area contributed by atoms with Crippen LogP contribution in [0.2, 0.25) is 18.6 Å². The van der Waals surface area contributed by atoms with Crippen molar-refractivity contribution >= 4 is 37.3 Å². The molecular formula is C32H35FN2O4Si. The van der Waals surface area contributed by atoms with E-state index in [0.717, 1.165) is 40.2 Å². The normalized spacial score (nSPS) is 26.0. The molecule has 3 aliphatic rings. The van der Waals surface area contributed by atoms with E-state index in [0.29, 0.717) is 12.8 Å². The van der Waals surface area contributed by atoms with E-state index in [2.05, 4.69) is 6.07 Å². The quantitative estimate of drug-likeness (QED) is 0.298. The lowest BCUT2D eigenvalue weighted by Crippen LogP contribution is -2.45. The lowest BCUT2D eigenvalue weighted by Gasteiger charge is -2.31. The lowest BCUT2D eigenvalue weighted by atomic mass is 9.82. The van der Waals surface area contributed by atoms with Crippen molar-refractivity contribution in [2.75, 3.05) is 16.4 Å². The number of nitrogens with zero attached hydrogens (tertiary/aromatic N) is 2. The van der Waals surface area contributed by atoms with E-state index >= 15 is 4.11 Å². The summed E-state index contributed by atoms with van der Waals surface area (Å²) in [5.74, 6) is -0.539. The Labute approximate surface area is 235 Å². The van der Waals surface area contributed by atoms with Crippen LogP contribution in [0.25, 0.3) is 0 Å². The van der Waals surface area contributed by atoms with E-state index in [-0.39, 0.29) is 30.9 Å². The maximum Gasteiger partial charge on any atom is 0.264 e. The van der Waals surface area contributed by atoms with Gasteiger partial charge in [0.2, 0.25) is 14.3 Å². The van der Waals surface area contributed by atoms with Gasteiger partial charge in [0.05, 0.1) is 24.0 Å². The zero-order chi connectivity index (χ0) is 28.2. The highest BCUT2D eigenvalue weighted by Gasteiger charge is 2.66. The third kappa shape index (κ3) is 4.12. The molecule has 1 spiro atoms. The summed E-state index contributed by atoms with van der Waals surface area (Å²) in [7, 11) is -3.23. The number of aryl methyl sites for hydroxylation is 1. The number of benzene rings is 3. The average molecular weight is 559 g/mol. The standard InChI is InChI=1S/C32H35FN2O4Si/c1-21-30(40(2,3)33)28(17-18-36)39-32(21)25-12-5-7-14-27(25)34(31(32)38)20-22-9-8-11-24(19-22)35-26-13-6-4-10-23(26)15-16-29(35)37/h4-14,19,21,28,30,36H,15-18,20H2,1-3H3/t21-,28+,30-,32+/m1/s1. The molecule has 1 N–H and O–H groups in total. The van der Waals surface area contributed by atoms with Gasteiger partial charge in [-0.2, -0.15) is 0 Å². The van der Waals surface area contributed by atoms with Gasteiger partial charge in [0.1, 0.15) is 0 Å². The van der Waals surface area contributed by atoms with Gasteiger partial charge in [0.25, 0.3) is 5.91 Å². The molecule has 3 aromatic carbocycles. The number of carbonyl (C=O) groups is 2. The van der Waals surface area contributed by atoms with Gasteiger partial charge in [-0.3, -0.25) is 14.5 Å². The molecule has 0 saturated carbocycles. The average Bonchev–Trinajstić information content (AvgIpc) is 3.36. The molecule has 0 unspecified atom stereocenters. The number of halogens is 1. The van der Waals surface area contributed by atoms with E-state index in [9.17, 15) is 14.7 Å². The number of rotatable bonds is 6. The number of hydrogen-bond donors (Lipinski definition) is 1. The lowest BCUT2D eigenvalue weighted by molar-refractivity contribution is -0.146. The van der Waals surface area contributed by atoms with Gasteiger partial charge in [-0.1, -0.05) is 55.5 Å². The molecule has 0 bridgehead atoms. The van der Waals surface area contributed by atoms with E-state index < -0.39 is 25.7 Å². The topological polar surface area (TPSA) is 70.1 Å². The van der Waals surface area contributed by atoms with E-state index in [1.807, 2.05) is 73.7 Å². The number of aliphatic hydroxyl groups excluding tert-OH is 1. The van der Waals surface area contributed by atoms with Gasteiger partial charge in [-0.25, -0.2) is 0 Å². The highest BCUT2D eigenvalue weighted by Crippen LogP contribution is 2.60. The molecule has 208 valence electrons. The monoisotopic (exact) mass is 558 g/mol. The van der Waals surface area contributed by atoms with Crippen LogP contribution < -0.4 is 9.80 Å². The van der Waals surface area contributed by atoms with Gasteiger partial charge >= 0.3 is 0 Å². The second-order valence-electron chi connectivity index (χ2n) is 11.7. The number of para-hydroxylation sites is 2. The molecule has 4 atom stereocenters. The summed E-state index contributed by atoms with van der Waals surface area (Å²) in [6.45, 7) is 5.41. The summed E-state index contributed by atoms with van der Waals surface area (Å²) < 4.78 is 22.3. The van der Waals surface area contributed by atoms with E-state index in [4.69, 9.17) is 4.74 Å². The predicted octanol–water partition coefficient (Wildman–Crippen LogP) is 6.00. The molecule has 3 heterocycles. The second kappa shape index (κ2) is 9.94. The molecule has 6 rings (SSSR count). The van der Waals surface area contributed by atoms with Crippen molar-refractivity contribution < 1.29 is 23.5 Å². The zero-order valence-electron chi connectivity index (χ0n) is 23.1. The van der Waals surface area contributed by atoms with Crippen LogP contribution in [0.5, 0.6) is 0 Å². The maximum atomic E-state index is 15.7. The summed E-state index contributed by atoms with van der Waals surface area (Å²) in [5.41, 5.74) is 3.47. The molecule has 2 amide bonds. The maximum absolute atomic E-state index is 15.7. The van der Waals surface area contributed by atoms with Crippen molar-refractivity contribution in [1.29, 1.82) is 0 Å². The van der Waals surface area contributed by atoms with Crippen LogP contribution in [-0.4, -0.2) is 38.0 Å². The Hall–Kier alpha value is -3.33. The largest absolute Gasteiger partial charge is 0.396 e. The van der Waals surface area contributed by atoms with Gasteiger partial charge in [-0.15, -0.1) is 0 Å². The predicted molar refractivity (Wildman–Crippen MR) is 156 cm³/mol. The summed E-state index contributed by atoms with van der Waals surface area (Å²) in [5, 5.41) is 9.74. The van der Waals surface area contributed by atoms with Crippen LogP contribution in [0.3, 0.4) is 0 Å². The first-order valence-corrected chi connectivity index (χ1v) is 17.0. The van der Waals surface area contributed by atoms with Gasteiger partial charge in [-0.05, 0) is 61.3 Å². The molecule has 3 aliphatic heterocycles. The SMILES string of the molecule is C[C@@H]1[C@@H]([Si](C)(C)F)[C@H](CCO)O[C@@]12C(=O)N(Cc1cccc(N3C(=O)CCc4ccccc43)c1)c1ccccc12. The summed E-state index contributed by atoms with van der Waals surface area (Å²) in [4.78, 5) is 30.9. The summed E-state index contributed by atoms with van der Waals surface area (Å²) in [6, 6.07) is 23.3. The minimum absolute atomic E-state index is 0.0459. The van der Waals surface area contributed by atoms with Crippen molar-refractivity contribution in [3.05, 3.63) is 89.5 Å². The fourth-order valence-electron chi connectivity index (χ4n) is 7.24. The summed E-state index contributed by atoms with van der Waals surface area (Å²) >= 11 is 0. The Bertz CT molecular complexity index is 1470. The van der Waals surface area contributed by atoms with Crippen LogP contribution in [0.4, 0.5) is 21.2 Å². The smallest absolute Gasteiger partial charge is 0.264 e. The number of carbonyl (C=O) groups excluding carboxylic acids is 2. The number of amides is 2. The number of aliphatic hydroxyl groups is 1. The Balaban J connectivity index is 1.37. The fraction of sp³-hybridized carbons (Fsp3) is 0.375. The van der Waals surface area contributed by atoms with Gasteiger partial charge < -0.3 is 18.9 Å². The van der Waals surface area contributed by atoms with Gasteiger partial charge in [0, 0.05) is 35.7 Å². The number of anilines is 3. The molecule has 0 aliphatic carbocycles. The van der Waals surface area contributed by atoms with Crippen molar-refractivity contribution in [3.63, 3.8) is 0 Å². The molecule has 40 heavy (non-hydrogen) atoms. The van der Waals surface area contributed by atoms with Crippen molar-refractivity contribution in [2.24, 2.45) is 5.92 Å². The van der Waals surface area contributed by atoms with Crippen LogP contribution in [0, 0.1) is 5.92 Å². The Morgan fingerprint density at radius 3 is 2.48 bits per heavy atom. The van der Waals surface area contributed by atoms with E-state index in [1.165, 1.54) is 0 Å². The number of ether oxygens (including phenoxy) is 1. The molecule has 0 radical (unpaired) electrons. The second-order valence-corrected chi connectivity index (χ2v) is 15.5. The van der Waals surface area contributed by atoms with Crippen molar-refractivity contribution in [3.8, 4) is 0 Å². The summed E-state index contributed by atoms with van der Waals surface area (Å²) in [6.07, 6.45) is 0.931. The number of hydrogen-bond acceptors (Lipinski definition) is 4. The van der Waals surface area contributed by atoms with E-state index in [1.54, 1.807) is 22.9 Å². The van der Waals surface area contributed by atoms with Crippen LogP contribution in [-0.2, 0) is 32.9 Å².